The summed E-state index contributed by atoms with van der Waals surface area (Å²) in [5.41, 5.74) is -0.492. The smallest absolute Gasteiger partial charge is 0.328 e. The number of amides is 1. The molecule has 1 heterocycles. The topological polar surface area (TPSA) is 98.7 Å². The van der Waals surface area contributed by atoms with E-state index in [-0.39, 0.29) is 5.91 Å². The van der Waals surface area contributed by atoms with Crippen LogP contribution in [0.3, 0.4) is 0 Å². The highest BCUT2D eigenvalue weighted by atomic mass is 16.4. The summed E-state index contributed by atoms with van der Waals surface area (Å²) in [5.74, 6) is -1.47. The number of hydrogen-bond donors (Lipinski definition) is 4. The van der Waals surface area contributed by atoms with Crippen molar-refractivity contribution in [1.29, 1.82) is 0 Å². The Hall–Kier alpha value is -1.14. The summed E-state index contributed by atoms with van der Waals surface area (Å²) in [5, 5.41) is 23.3. The third kappa shape index (κ3) is 3.17. The van der Waals surface area contributed by atoms with Crippen LogP contribution in [0.4, 0.5) is 0 Å². The summed E-state index contributed by atoms with van der Waals surface area (Å²) < 4.78 is 0. The summed E-state index contributed by atoms with van der Waals surface area (Å²) in [4.78, 5) is 22.9. The van der Waals surface area contributed by atoms with Gasteiger partial charge < -0.3 is 20.8 Å². The van der Waals surface area contributed by atoms with E-state index in [1.54, 1.807) is 0 Å². The van der Waals surface area contributed by atoms with Gasteiger partial charge in [-0.1, -0.05) is 6.92 Å². The average Bonchev–Trinajstić information content (AvgIpc) is 2.35. The monoisotopic (exact) mass is 244 g/mol. The largest absolute Gasteiger partial charge is 0.480 e. The molecular weight excluding hydrogens is 224 g/mol. The summed E-state index contributed by atoms with van der Waals surface area (Å²) >= 11 is 0. The van der Waals surface area contributed by atoms with Crippen molar-refractivity contribution in [2.45, 2.75) is 32.2 Å². The molecule has 0 radical (unpaired) electrons. The normalized spacial score (nSPS) is 20.6. The number of aliphatic hydroxyl groups excluding tert-OH is 1. The number of carbonyl (C=O) groups excluding carboxylic acids is 1. The molecule has 1 saturated heterocycles. The minimum atomic E-state index is -1.21. The van der Waals surface area contributed by atoms with Crippen LogP contribution in [0.1, 0.15) is 26.2 Å². The minimum Gasteiger partial charge on any atom is -0.480 e. The number of nitrogens with one attached hydrogen (secondary N) is 2. The van der Waals surface area contributed by atoms with E-state index in [4.69, 9.17) is 10.2 Å². The van der Waals surface area contributed by atoms with Crippen LogP contribution >= 0.6 is 0 Å². The Kier molecular flexibility index (Phi) is 4.89. The van der Waals surface area contributed by atoms with Crippen molar-refractivity contribution in [2.75, 3.05) is 19.7 Å². The van der Waals surface area contributed by atoms with E-state index in [1.807, 2.05) is 6.92 Å². The number of aliphatic carboxylic acids is 1. The second-order valence-corrected chi connectivity index (χ2v) is 4.43. The summed E-state index contributed by atoms with van der Waals surface area (Å²) in [6.45, 7) is 2.87. The first-order valence-corrected chi connectivity index (χ1v) is 5.91. The van der Waals surface area contributed by atoms with Gasteiger partial charge in [-0.2, -0.15) is 0 Å². The molecule has 1 aliphatic heterocycles. The fourth-order valence-corrected chi connectivity index (χ4v) is 2.14. The van der Waals surface area contributed by atoms with E-state index in [1.165, 1.54) is 0 Å². The lowest BCUT2D eigenvalue weighted by Crippen LogP contribution is -2.52. The maximum atomic E-state index is 12.1. The molecule has 0 saturated carbocycles. The van der Waals surface area contributed by atoms with Crippen LogP contribution in [0.2, 0.25) is 0 Å². The van der Waals surface area contributed by atoms with Gasteiger partial charge in [0.25, 0.3) is 0 Å². The van der Waals surface area contributed by atoms with E-state index >= 15 is 0 Å². The lowest BCUT2D eigenvalue weighted by atomic mass is 9.75. The van der Waals surface area contributed by atoms with E-state index < -0.39 is 24.0 Å². The zero-order valence-electron chi connectivity index (χ0n) is 10.0. The van der Waals surface area contributed by atoms with Crippen LogP contribution in [0.25, 0.3) is 0 Å². The molecule has 0 bridgehead atoms. The van der Waals surface area contributed by atoms with Crippen LogP contribution < -0.4 is 10.6 Å². The molecule has 0 aromatic heterocycles. The zero-order valence-corrected chi connectivity index (χ0v) is 10.0. The standard InChI is InChI=1S/C11H20N2O4/c1-2-11(3-5-12-6-4-11)10(17)13-8(7-14)9(15)16/h8,12,14H,2-7H2,1H3,(H,13,17)(H,15,16)/t8-/m1/s1. The summed E-state index contributed by atoms with van der Waals surface area (Å²) in [6, 6.07) is -1.21. The van der Waals surface area contributed by atoms with E-state index in [0.29, 0.717) is 19.3 Å². The fourth-order valence-electron chi connectivity index (χ4n) is 2.14. The number of rotatable bonds is 5. The zero-order chi connectivity index (χ0) is 12.9. The van der Waals surface area contributed by atoms with Gasteiger partial charge in [0.05, 0.1) is 12.0 Å². The molecular formula is C11H20N2O4. The lowest BCUT2D eigenvalue weighted by molar-refractivity contribution is -0.145. The quantitative estimate of drug-likeness (QED) is 0.514. The van der Waals surface area contributed by atoms with Gasteiger partial charge in [-0.15, -0.1) is 0 Å². The Morgan fingerprint density at radius 1 is 1.41 bits per heavy atom. The molecule has 1 aliphatic rings. The summed E-state index contributed by atoms with van der Waals surface area (Å²) in [7, 11) is 0. The van der Waals surface area contributed by atoms with Crippen LogP contribution in [0, 0.1) is 5.41 Å². The molecule has 1 fully saturated rings. The van der Waals surface area contributed by atoms with Gasteiger partial charge >= 0.3 is 5.97 Å². The van der Waals surface area contributed by atoms with Gasteiger partial charge in [0.15, 0.2) is 0 Å². The first-order valence-electron chi connectivity index (χ1n) is 5.91. The fraction of sp³-hybridized carbons (Fsp3) is 0.818. The number of carboxylic acids is 1. The second kappa shape index (κ2) is 5.97. The third-order valence-electron chi connectivity index (χ3n) is 3.51. The first kappa shape index (κ1) is 13.9. The number of piperidine rings is 1. The van der Waals surface area contributed by atoms with Crippen molar-refractivity contribution in [3.8, 4) is 0 Å². The van der Waals surface area contributed by atoms with Crippen LogP contribution in [-0.2, 0) is 9.59 Å². The van der Waals surface area contributed by atoms with Gasteiger partial charge in [0, 0.05) is 0 Å². The van der Waals surface area contributed by atoms with E-state index in [2.05, 4.69) is 10.6 Å². The third-order valence-corrected chi connectivity index (χ3v) is 3.51. The Morgan fingerprint density at radius 2 is 2.00 bits per heavy atom. The van der Waals surface area contributed by atoms with Gasteiger partial charge in [-0.05, 0) is 32.4 Å². The van der Waals surface area contributed by atoms with Gasteiger partial charge in [-0.25, -0.2) is 4.79 Å². The second-order valence-electron chi connectivity index (χ2n) is 4.43. The highest BCUT2D eigenvalue weighted by molar-refractivity contribution is 5.87. The molecule has 98 valence electrons. The molecule has 0 aliphatic carbocycles. The van der Waals surface area contributed by atoms with Gasteiger partial charge in [0.2, 0.25) is 5.91 Å². The molecule has 6 heteroatoms. The molecule has 1 amide bonds. The average molecular weight is 244 g/mol. The van der Waals surface area contributed by atoms with Crippen molar-refractivity contribution in [3.05, 3.63) is 0 Å². The lowest BCUT2D eigenvalue weighted by Gasteiger charge is -2.36. The number of carbonyl (C=O) groups is 2. The number of hydrogen-bond acceptors (Lipinski definition) is 4. The molecule has 0 spiro atoms. The van der Waals surface area contributed by atoms with E-state index in [0.717, 1.165) is 13.1 Å². The Morgan fingerprint density at radius 3 is 2.41 bits per heavy atom. The molecule has 4 N–H and O–H groups in total. The molecule has 6 nitrogen and oxygen atoms in total. The van der Waals surface area contributed by atoms with Gasteiger partial charge in [0.1, 0.15) is 6.04 Å². The Balaban J connectivity index is 2.68. The molecule has 1 rings (SSSR count). The molecule has 1 atom stereocenters. The predicted molar refractivity (Wildman–Crippen MR) is 61.5 cm³/mol. The number of carboxylic acid groups (broad SMARTS) is 1. The van der Waals surface area contributed by atoms with E-state index in [9.17, 15) is 9.59 Å². The molecule has 17 heavy (non-hydrogen) atoms. The van der Waals surface area contributed by atoms with Crippen molar-refractivity contribution in [2.24, 2.45) is 5.41 Å². The van der Waals surface area contributed by atoms with Crippen LogP contribution in [0.15, 0.2) is 0 Å². The Bertz CT molecular complexity index is 287. The number of aliphatic hydroxyl groups is 1. The van der Waals surface area contributed by atoms with Crippen LogP contribution in [-0.4, -0.2) is 47.8 Å². The van der Waals surface area contributed by atoms with Gasteiger partial charge in [-0.3, -0.25) is 4.79 Å². The van der Waals surface area contributed by atoms with Crippen LogP contribution in [0.5, 0.6) is 0 Å². The van der Waals surface area contributed by atoms with Crippen molar-refractivity contribution in [3.63, 3.8) is 0 Å². The maximum Gasteiger partial charge on any atom is 0.328 e. The van der Waals surface area contributed by atoms with Crippen molar-refractivity contribution >= 4 is 11.9 Å². The molecule has 0 aromatic carbocycles. The minimum absolute atomic E-state index is 0.261. The predicted octanol–water partition coefficient (Wildman–Crippen LogP) is -0.672. The highest BCUT2D eigenvalue weighted by Crippen LogP contribution is 2.32. The summed E-state index contributed by atoms with van der Waals surface area (Å²) in [6.07, 6.45) is 2.08. The maximum absolute atomic E-state index is 12.1. The Labute approximate surface area is 100 Å². The SMILES string of the molecule is CCC1(C(=O)N[C@H](CO)C(=O)O)CCNCC1. The first-order chi connectivity index (χ1) is 8.05. The highest BCUT2D eigenvalue weighted by Gasteiger charge is 2.39. The van der Waals surface area contributed by atoms with Crippen molar-refractivity contribution in [1.82, 2.24) is 10.6 Å². The molecule has 0 unspecified atom stereocenters. The molecule has 0 aromatic rings. The van der Waals surface area contributed by atoms with Crippen molar-refractivity contribution < 1.29 is 19.8 Å².